The molecule has 148 valence electrons. The van der Waals surface area contributed by atoms with E-state index in [1.54, 1.807) is 0 Å². The number of hydrogen-bond donors (Lipinski definition) is 3. The summed E-state index contributed by atoms with van der Waals surface area (Å²) < 4.78 is 34.5. The van der Waals surface area contributed by atoms with Crippen LogP contribution in [-0.4, -0.2) is 46.5 Å². The van der Waals surface area contributed by atoms with E-state index in [1.165, 1.54) is 12.8 Å². The van der Waals surface area contributed by atoms with Gasteiger partial charge in [-0.25, -0.2) is 0 Å². The van der Waals surface area contributed by atoms with Crippen LogP contribution >= 0.6 is 0 Å². The van der Waals surface area contributed by atoms with Gasteiger partial charge in [0.15, 0.2) is 5.25 Å². The molecule has 0 amide bonds. The van der Waals surface area contributed by atoms with Crippen molar-refractivity contribution in [3.05, 3.63) is 37.3 Å². The van der Waals surface area contributed by atoms with Crippen molar-refractivity contribution in [2.24, 2.45) is 0 Å². The van der Waals surface area contributed by atoms with Crippen molar-refractivity contribution < 1.29 is 88.9 Å². The van der Waals surface area contributed by atoms with E-state index in [-0.39, 0.29) is 57.5 Å². The Morgan fingerprint density at radius 2 is 1.74 bits per heavy atom. The maximum absolute atomic E-state index is 10.2. The van der Waals surface area contributed by atoms with E-state index in [0.717, 1.165) is 18.6 Å². The fraction of sp³-hybridized carbons (Fsp3) is 0.471. The van der Waals surface area contributed by atoms with E-state index in [0.29, 0.717) is 0 Å². The third kappa shape index (κ3) is 14.2. The van der Waals surface area contributed by atoms with E-state index in [9.17, 15) is 18.0 Å². The Morgan fingerprint density at radius 3 is 2.07 bits per heavy atom. The molecule has 1 rings (SSSR count). The standard InChI is InChI=1S/C13H19O.C4H6O7S.K/c1-3-5-9-12(4-2)14-13-10-7-6-8-11-13;5-3(6)1-2(4(7)8)12(9,10)11;/h6-8,10-12H,2-5,9H2,1H3;2H,1H2,(H,5,6)(H,7,8)(H,9,10,11);/q-1;;+1. The molecule has 0 aliphatic heterocycles. The molecule has 2 atom stereocenters. The van der Waals surface area contributed by atoms with Crippen molar-refractivity contribution in [3.8, 4) is 5.75 Å². The van der Waals surface area contributed by atoms with Gasteiger partial charge in [-0.1, -0.05) is 38.0 Å². The maximum atomic E-state index is 10.2. The van der Waals surface area contributed by atoms with Crippen LogP contribution in [0.5, 0.6) is 5.75 Å². The van der Waals surface area contributed by atoms with Gasteiger partial charge in [-0.05, 0) is 18.6 Å². The predicted octanol–water partition coefficient (Wildman–Crippen LogP) is -0.346. The van der Waals surface area contributed by atoms with Gasteiger partial charge in [0.25, 0.3) is 10.1 Å². The third-order valence-corrected chi connectivity index (χ3v) is 4.33. The Kier molecular flexibility index (Phi) is 16.4. The summed E-state index contributed by atoms with van der Waals surface area (Å²) in [5, 5.41) is 13.9. The van der Waals surface area contributed by atoms with Gasteiger partial charge in [0.05, 0.1) is 12.5 Å². The van der Waals surface area contributed by atoms with Crippen LogP contribution in [0, 0.1) is 6.92 Å². The molecule has 10 heteroatoms. The zero-order valence-corrected chi connectivity index (χ0v) is 19.5. The smallest absolute Gasteiger partial charge is 0.493 e. The molecule has 8 nitrogen and oxygen atoms in total. The fourth-order valence-corrected chi connectivity index (χ4v) is 2.47. The fourth-order valence-electron chi connectivity index (χ4n) is 1.86. The number of rotatable bonds is 10. The average molecular weight is 429 g/mol. The first-order chi connectivity index (χ1) is 12.1. The molecule has 0 fully saturated rings. The first-order valence-electron chi connectivity index (χ1n) is 8.03. The van der Waals surface area contributed by atoms with E-state index in [4.69, 9.17) is 19.5 Å². The van der Waals surface area contributed by atoms with Crippen LogP contribution in [0.1, 0.15) is 39.0 Å². The number of unbranched alkanes of at least 4 members (excludes halogenated alkanes) is 1. The van der Waals surface area contributed by atoms with Crippen molar-refractivity contribution >= 4 is 22.1 Å². The summed E-state index contributed by atoms with van der Waals surface area (Å²) in [5.41, 5.74) is 0. The molecule has 2 unspecified atom stereocenters. The Hall–Kier alpha value is -0.494. The molecule has 3 N–H and O–H groups in total. The van der Waals surface area contributed by atoms with Crippen molar-refractivity contribution in [3.63, 3.8) is 0 Å². The van der Waals surface area contributed by atoms with Crippen LogP contribution in [-0.2, 0) is 19.7 Å². The molecule has 0 saturated heterocycles. The zero-order valence-electron chi connectivity index (χ0n) is 15.6. The van der Waals surface area contributed by atoms with Crippen LogP contribution < -0.4 is 56.1 Å². The van der Waals surface area contributed by atoms with Crippen molar-refractivity contribution in [2.75, 3.05) is 0 Å². The number of carbonyl (C=O) groups is 2. The molecule has 0 aromatic heterocycles. The van der Waals surface area contributed by atoms with Crippen LogP contribution in [0.15, 0.2) is 30.3 Å². The summed E-state index contributed by atoms with van der Waals surface area (Å²) in [7, 11) is -4.84. The van der Waals surface area contributed by atoms with Crippen molar-refractivity contribution in [2.45, 2.75) is 50.4 Å². The Balaban J connectivity index is 0. The van der Waals surface area contributed by atoms with Crippen LogP contribution in [0.25, 0.3) is 0 Å². The second-order valence-electron chi connectivity index (χ2n) is 5.42. The minimum Gasteiger partial charge on any atom is -0.493 e. The number of para-hydroxylation sites is 1. The van der Waals surface area contributed by atoms with E-state index in [2.05, 4.69) is 13.8 Å². The number of benzene rings is 1. The van der Waals surface area contributed by atoms with Gasteiger partial charge < -0.3 is 21.9 Å². The molecule has 0 saturated carbocycles. The summed E-state index contributed by atoms with van der Waals surface area (Å²) in [6.07, 6.45) is 3.50. The molecule has 0 heterocycles. The van der Waals surface area contributed by atoms with Crippen LogP contribution in [0.4, 0.5) is 0 Å². The van der Waals surface area contributed by atoms with E-state index >= 15 is 0 Å². The third-order valence-electron chi connectivity index (χ3n) is 3.24. The summed E-state index contributed by atoms with van der Waals surface area (Å²) in [6.45, 7) is 6.11. The summed E-state index contributed by atoms with van der Waals surface area (Å²) in [5.74, 6) is -2.54. The number of aliphatic carboxylic acids is 2. The largest absolute Gasteiger partial charge is 1.00 e. The van der Waals surface area contributed by atoms with E-state index in [1.807, 2.05) is 30.3 Å². The van der Waals surface area contributed by atoms with Gasteiger partial charge in [-0.2, -0.15) is 8.42 Å². The Labute approximate surface area is 202 Å². The first kappa shape index (κ1) is 28.7. The monoisotopic (exact) mass is 428 g/mol. The van der Waals surface area contributed by atoms with Gasteiger partial charge in [0, 0.05) is 0 Å². The Bertz CT molecular complexity index is 648. The molecule has 0 bridgehead atoms. The van der Waals surface area contributed by atoms with Crippen LogP contribution in [0.2, 0.25) is 0 Å². The van der Waals surface area contributed by atoms with Gasteiger partial charge in [0.1, 0.15) is 5.75 Å². The van der Waals surface area contributed by atoms with Gasteiger partial charge in [-0.3, -0.25) is 14.1 Å². The second-order valence-corrected chi connectivity index (χ2v) is 7.02. The van der Waals surface area contributed by atoms with Crippen molar-refractivity contribution in [1.82, 2.24) is 0 Å². The minimum atomic E-state index is -4.84. The average Bonchev–Trinajstić information content (AvgIpc) is 2.56. The molecular weight excluding hydrogens is 403 g/mol. The molecule has 0 spiro atoms. The van der Waals surface area contributed by atoms with E-state index < -0.39 is 33.7 Å². The van der Waals surface area contributed by atoms with Crippen LogP contribution in [0.3, 0.4) is 0 Å². The predicted molar refractivity (Wildman–Crippen MR) is 95.6 cm³/mol. The molecule has 1 aromatic carbocycles. The van der Waals surface area contributed by atoms with Gasteiger partial charge >= 0.3 is 63.3 Å². The SMILES string of the molecule is O=C(O)CC(C(=O)O)S(=O)(=O)O.[CH2-]CC(CCCC)Oc1ccccc1.[K+]. The zero-order chi connectivity index (χ0) is 20.2. The minimum absolute atomic E-state index is 0. The number of carboxylic acid groups (broad SMARTS) is 2. The Morgan fingerprint density at radius 1 is 1.19 bits per heavy atom. The molecule has 1 aromatic rings. The number of ether oxygens (including phenoxy) is 1. The van der Waals surface area contributed by atoms with Gasteiger partial charge in [0.2, 0.25) is 0 Å². The normalized spacial score (nSPS) is 12.6. The number of carboxylic acids is 2. The summed E-state index contributed by atoms with van der Waals surface area (Å²) in [4.78, 5) is 20.0. The quantitative estimate of drug-likeness (QED) is 0.261. The first-order valence-corrected chi connectivity index (χ1v) is 9.53. The molecule has 27 heavy (non-hydrogen) atoms. The molecule has 0 aliphatic carbocycles. The molecule has 0 aliphatic rings. The molecule has 0 radical (unpaired) electrons. The van der Waals surface area contributed by atoms with Crippen molar-refractivity contribution in [1.29, 1.82) is 0 Å². The summed E-state index contributed by atoms with van der Waals surface area (Å²) >= 11 is 0. The maximum Gasteiger partial charge on any atom is 1.00 e. The second kappa shape index (κ2) is 15.4. The molecular formula is C17H25KO8S. The number of hydrogen-bond acceptors (Lipinski definition) is 5. The van der Waals surface area contributed by atoms with Gasteiger partial charge in [-0.15, -0.1) is 6.42 Å². The topological polar surface area (TPSA) is 138 Å². The summed E-state index contributed by atoms with van der Waals surface area (Å²) in [6, 6.07) is 9.98.